The minimum Gasteiger partial charge on any atom is -0.0597 e. The maximum atomic E-state index is 2.08. The van der Waals surface area contributed by atoms with Gasteiger partial charge in [-0.25, -0.2) is 0 Å². The maximum absolute atomic E-state index is 2.08. The summed E-state index contributed by atoms with van der Waals surface area (Å²) in [5.41, 5.74) is 0. The fourth-order valence-corrected chi connectivity index (χ4v) is 0. The molecule has 0 saturated carbocycles. The van der Waals surface area contributed by atoms with Gasteiger partial charge in [0.1, 0.15) is 0 Å². The Labute approximate surface area is 105 Å². The Kier molecular flexibility index (Phi) is 33.6. The predicted molar refractivity (Wildman–Crippen MR) is 68.7 cm³/mol. The first-order valence-corrected chi connectivity index (χ1v) is 4.50. The molecule has 0 unspecified atom stereocenters. The fraction of sp³-hybridized carbons (Fsp3) is 0.750. The molecule has 0 N–H and O–H groups in total. The summed E-state index contributed by atoms with van der Waals surface area (Å²) >= 11 is 0. The largest absolute Gasteiger partial charge is 0.0597 e. The van der Waals surface area contributed by atoms with Crippen LogP contribution in [0.15, 0.2) is 0 Å². The zero-order valence-corrected chi connectivity index (χ0v) is 13.9. The standard InChI is InChI=1S/3C4H9.Sn.H2/c3*1-4(2)3;;/h3*1-3H3;;1H. The van der Waals surface area contributed by atoms with Crippen LogP contribution in [0.4, 0.5) is 0 Å². The van der Waals surface area contributed by atoms with E-state index in [1.165, 1.54) is 17.8 Å². The molecule has 0 fully saturated rings. The second-order valence-electron chi connectivity index (χ2n) is 4.50. The van der Waals surface area contributed by atoms with Gasteiger partial charge in [-0.1, -0.05) is 62.3 Å². The summed E-state index contributed by atoms with van der Waals surface area (Å²) in [6.07, 6.45) is 0. The summed E-state index contributed by atoms with van der Waals surface area (Å²) in [5.74, 6) is 4.25. The van der Waals surface area contributed by atoms with Crippen molar-refractivity contribution in [3.63, 3.8) is 0 Å². The first kappa shape index (κ1) is 23.5. The molecule has 0 spiro atoms. The van der Waals surface area contributed by atoms with Gasteiger partial charge in [-0.3, -0.25) is 0 Å². The molecule has 1 heteroatoms. The smallest absolute Gasteiger partial charge is 0 e. The van der Waals surface area contributed by atoms with Crippen molar-refractivity contribution in [2.24, 2.45) is 0 Å². The van der Waals surface area contributed by atoms with Crippen molar-refractivity contribution >= 4 is 23.9 Å². The van der Waals surface area contributed by atoms with Gasteiger partial charge in [-0.05, 0) is 17.8 Å². The molecule has 0 aliphatic heterocycles. The minimum absolute atomic E-state index is 0. The van der Waals surface area contributed by atoms with E-state index >= 15 is 0 Å². The van der Waals surface area contributed by atoms with E-state index in [0.717, 1.165) is 0 Å². The number of hydrogen-bond acceptors (Lipinski definition) is 0. The molecule has 0 nitrogen and oxygen atoms in total. The van der Waals surface area contributed by atoms with Gasteiger partial charge in [0.2, 0.25) is 0 Å². The number of rotatable bonds is 0. The topological polar surface area (TPSA) is 0 Å². The van der Waals surface area contributed by atoms with Gasteiger partial charge in [0.15, 0.2) is 0 Å². The molecule has 0 aromatic heterocycles. The summed E-state index contributed by atoms with van der Waals surface area (Å²) in [4.78, 5) is 0. The van der Waals surface area contributed by atoms with Crippen molar-refractivity contribution in [3.05, 3.63) is 17.8 Å². The van der Waals surface area contributed by atoms with Gasteiger partial charge in [0.25, 0.3) is 0 Å². The Morgan fingerprint density at radius 1 is 0.462 bits per heavy atom. The van der Waals surface area contributed by atoms with E-state index in [1.807, 2.05) is 0 Å². The molecule has 0 aromatic rings. The van der Waals surface area contributed by atoms with Gasteiger partial charge in [-0.2, -0.15) is 0 Å². The van der Waals surface area contributed by atoms with Crippen LogP contribution in [0.25, 0.3) is 0 Å². The molecule has 0 atom stereocenters. The molecule has 7 radical (unpaired) electrons. The van der Waals surface area contributed by atoms with E-state index in [1.54, 1.807) is 0 Å². The van der Waals surface area contributed by atoms with Crippen LogP contribution < -0.4 is 0 Å². The van der Waals surface area contributed by atoms with Crippen molar-refractivity contribution < 1.29 is 1.43 Å². The molecular weight excluding hydrogens is 263 g/mol. The first-order valence-electron chi connectivity index (χ1n) is 4.50. The summed E-state index contributed by atoms with van der Waals surface area (Å²) in [6.45, 7) is 18.8. The van der Waals surface area contributed by atoms with Crippen LogP contribution in [0.2, 0.25) is 0 Å². The van der Waals surface area contributed by atoms with Crippen LogP contribution in [-0.4, -0.2) is 23.9 Å². The van der Waals surface area contributed by atoms with Crippen LogP contribution in [0, 0.1) is 17.8 Å². The van der Waals surface area contributed by atoms with Crippen molar-refractivity contribution in [1.82, 2.24) is 0 Å². The van der Waals surface area contributed by atoms with Crippen molar-refractivity contribution in [2.45, 2.75) is 62.3 Å². The number of hydrogen-bond donors (Lipinski definition) is 0. The third kappa shape index (κ3) is 2340. The van der Waals surface area contributed by atoms with Crippen LogP contribution in [0.1, 0.15) is 63.7 Å². The SMILES string of the molecule is C[C](C)C.C[C](C)C.C[C](C)C.[HH].[Sn]. The van der Waals surface area contributed by atoms with Crippen molar-refractivity contribution in [1.29, 1.82) is 0 Å². The second kappa shape index (κ2) is 18.6. The molecule has 0 heterocycles. The summed E-state index contributed by atoms with van der Waals surface area (Å²) in [6, 6.07) is 0. The molecule has 0 aliphatic rings. The molecule has 13 heavy (non-hydrogen) atoms. The average Bonchev–Trinajstić information content (AvgIpc) is 1.54. The van der Waals surface area contributed by atoms with E-state index in [-0.39, 0.29) is 25.3 Å². The van der Waals surface area contributed by atoms with Crippen LogP contribution >= 0.6 is 0 Å². The van der Waals surface area contributed by atoms with Crippen LogP contribution in [0.5, 0.6) is 0 Å². The Balaban J connectivity index is -0.0000000270. The molecule has 0 amide bonds. The Bertz CT molecular complexity index is 38.8. The van der Waals surface area contributed by atoms with Gasteiger partial charge in [-0.15, -0.1) is 0 Å². The van der Waals surface area contributed by atoms with Crippen molar-refractivity contribution in [3.8, 4) is 0 Å². The van der Waals surface area contributed by atoms with E-state index in [0.29, 0.717) is 0 Å². The van der Waals surface area contributed by atoms with E-state index < -0.39 is 0 Å². The average molecular weight is 292 g/mol. The minimum atomic E-state index is 0. The van der Waals surface area contributed by atoms with Crippen molar-refractivity contribution in [2.75, 3.05) is 0 Å². The molecular formula is C12H29Sn. The zero-order chi connectivity index (χ0) is 10.7. The van der Waals surface area contributed by atoms with Gasteiger partial charge < -0.3 is 0 Å². The Hall–Kier alpha value is 0.799. The molecule has 0 saturated heterocycles. The zero-order valence-electron chi connectivity index (χ0n) is 11.0. The first-order chi connectivity index (χ1) is 5.20. The van der Waals surface area contributed by atoms with E-state index in [4.69, 9.17) is 0 Å². The summed E-state index contributed by atoms with van der Waals surface area (Å²) in [7, 11) is 0. The van der Waals surface area contributed by atoms with Gasteiger partial charge >= 0.3 is 0 Å². The Morgan fingerprint density at radius 3 is 0.462 bits per heavy atom. The Morgan fingerprint density at radius 2 is 0.462 bits per heavy atom. The summed E-state index contributed by atoms with van der Waals surface area (Å²) in [5, 5.41) is 0. The van der Waals surface area contributed by atoms with Gasteiger partial charge in [0, 0.05) is 25.3 Å². The third-order valence-electron chi connectivity index (χ3n) is 0. The monoisotopic (exact) mass is 293 g/mol. The maximum Gasteiger partial charge on any atom is 0 e. The molecule has 0 rings (SSSR count). The third-order valence-corrected chi connectivity index (χ3v) is 0. The molecule has 0 bridgehead atoms. The molecule has 81 valence electrons. The van der Waals surface area contributed by atoms with E-state index in [9.17, 15) is 0 Å². The van der Waals surface area contributed by atoms with E-state index in [2.05, 4.69) is 62.3 Å². The van der Waals surface area contributed by atoms with Crippen LogP contribution in [-0.2, 0) is 0 Å². The quantitative estimate of drug-likeness (QED) is 0.566. The normalized spacial score (nSPS) is 8.31. The predicted octanol–water partition coefficient (Wildman–Crippen LogP) is 4.73. The second-order valence-corrected chi connectivity index (χ2v) is 4.50. The fourth-order valence-electron chi connectivity index (χ4n) is 0. The van der Waals surface area contributed by atoms with Crippen LogP contribution in [0.3, 0.4) is 0 Å². The summed E-state index contributed by atoms with van der Waals surface area (Å²) < 4.78 is 0. The molecule has 0 aliphatic carbocycles. The van der Waals surface area contributed by atoms with Gasteiger partial charge in [0.05, 0.1) is 0 Å². The molecule has 0 aromatic carbocycles.